The van der Waals surface area contributed by atoms with Crippen LogP contribution in [0.5, 0.6) is 0 Å². The molecule has 2 aliphatic rings. The van der Waals surface area contributed by atoms with E-state index in [1.54, 1.807) is 72.1 Å². The van der Waals surface area contributed by atoms with Crippen molar-refractivity contribution in [2.75, 3.05) is 102 Å². The minimum absolute atomic E-state index is 0.0163. The molecule has 0 saturated carbocycles. The minimum atomic E-state index is -1.79. The molecule has 0 spiro atoms. The van der Waals surface area contributed by atoms with Crippen molar-refractivity contribution in [3.8, 4) is 0 Å². The van der Waals surface area contributed by atoms with Crippen LogP contribution in [0.25, 0.3) is 0 Å². The lowest BCUT2D eigenvalue weighted by Crippen LogP contribution is -2.61. The summed E-state index contributed by atoms with van der Waals surface area (Å²) in [7, 11) is 10.2. The number of nitrogens with zero attached hydrogens (tertiary/aromatic N) is 8. The van der Waals surface area contributed by atoms with Crippen LogP contribution in [-0.4, -0.2) is 259 Å². The summed E-state index contributed by atoms with van der Waals surface area (Å²) in [5.41, 5.74) is -0.0441. The summed E-state index contributed by atoms with van der Waals surface area (Å²) in [6, 6.07) is 1.62. The van der Waals surface area contributed by atoms with Gasteiger partial charge >= 0.3 is 0 Å². The molecule has 24 nitrogen and oxygen atoms in total. The van der Waals surface area contributed by atoms with Gasteiger partial charge in [-0.15, -0.1) is 0 Å². The molecule has 2 fully saturated rings. The van der Waals surface area contributed by atoms with Crippen LogP contribution in [0.4, 0.5) is 0 Å². The van der Waals surface area contributed by atoms with Crippen molar-refractivity contribution in [3.05, 3.63) is 35.9 Å². The van der Waals surface area contributed by atoms with Gasteiger partial charge in [0, 0.05) is 81.3 Å². The van der Waals surface area contributed by atoms with Crippen LogP contribution in [0.2, 0.25) is 0 Å². The van der Waals surface area contributed by atoms with Gasteiger partial charge in [0.15, 0.2) is 6.04 Å². The maximum absolute atomic E-state index is 14.9. The van der Waals surface area contributed by atoms with Gasteiger partial charge in [-0.2, -0.15) is 0 Å². The number of carbonyl (C=O) groups is 11. The molecule has 0 aromatic heterocycles. The van der Waals surface area contributed by atoms with Crippen LogP contribution in [0.1, 0.15) is 127 Å². The normalized spacial score (nSPS) is 25.6. The van der Waals surface area contributed by atoms with Crippen LogP contribution < -0.4 is 16.0 Å². The molecule has 0 unspecified atom stereocenters. The molecule has 1 aromatic rings. The Morgan fingerprint density at radius 3 is 1.72 bits per heavy atom. The van der Waals surface area contributed by atoms with Crippen LogP contribution in [0.3, 0.4) is 0 Å². The Kier molecular flexibility index (Phi) is 30.1. The Labute approximate surface area is 523 Å². The number of amides is 10. The number of likely N-dealkylation sites (tertiary alicyclic amines) is 1. The summed E-state index contributed by atoms with van der Waals surface area (Å²) < 4.78 is 6.05. The number of ketones is 1. The number of rotatable bonds is 12. The number of nitrogens with one attached hydrogen (secondary N) is 3. The second-order valence-electron chi connectivity index (χ2n) is 26.8. The van der Waals surface area contributed by atoms with Crippen LogP contribution in [0, 0.1) is 29.6 Å². The molecule has 0 radical (unpaired) electrons. The van der Waals surface area contributed by atoms with E-state index >= 15 is 0 Å². The van der Waals surface area contributed by atoms with E-state index in [-0.39, 0.29) is 69.7 Å². The van der Waals surface area contributed by atoms with Crippen LogP contribution in [0.15, 0.2) is 30.3 Å². The van der Waals surface area contributed by atoms with Gasteiger partial charge in [0.05, 0.1) is 61.9 Å². The van der Waals surface area contributed by atoms with E-state index in [1.807, 2.05) is 41.5 Å². The number of hydrogen-bond donors (Lipinski definition) is 4. The molecule has 1 aromatic carbocycles. The molecule has 24 heteroatoms. The highest BCUT2D eigenvalue weighted by Crippen LogP contribution is 2.23. The Balaban J connectivity index is 2.20. The van der Waals surface area contributed by atoms with Gasteiger partial charge in [0.1, 0.15) is 23.9 Å². The second-order valence-corrected chi connectivity index (χ2v) is 26.8. The molecule has 88 heavy (non-hydrogen) atoms. The van der Waals surface area contributed by atoms with Gasteiger partial charge in [-0.1, -0.05) is 71.9 Å². The first kappa shape index (κ1) is 75.7. The Bertz CT molecular complexity index is 2530. The van der Waals surface area contributed by atoms with E-state index in [1.165, 1.54) is 76.5 Å². The molecule has 10 amide bonds. The zero-order valence-electron chi connectivity index (χ0n) is 56.1. The highest BCUT2D eigenvalue weighted by molar-refractivity contribution is 6.08. The molecular formula is C64H107N11O13. The summed E-state index contributed by atoms with van der Waals surface area (Å²) in [5.74, 6) is -9.06. The number of Topliss-reactive ketones (excluding diaryl/α,β-unsaturated/α-hetero) is 1. The number of hydrogen-bond acceptors (Lipinski definition) is 14. The average Bonchev–Trinajstić information content (AvgIpc) is 2.92. The fraction of sp³-hybridized carbons (Fsp3) is 0.734. The maximum Gasteiger partial charge on any atom is 0.255 e. The van der Waals surface area contributed by atoms with E-state index in [9.17, 15) is 57.8 Å². The number of benzene rings is 1. The molecule has 2 aliphatic heterocycles. The first-order valence-corrected chi connectivity index (χ1v) is 31.2. The van der Waals surface area contributed by atoms with Crippen molar-refractivity contribution in [3.63, 3.8) is 0 Å². The number of likely N-dealkylation sites (N-methyl/N-ethyl adjacent to an activating group) is 7. The molecule has 2 heterocycles. The van der Waals surface area contributed by atoms with E-state index in [2.05, 4.69) is 16.0 Å². The smallest absolute Gasteiger partial charge is 0.255 e. The van der Waals surface area contributed by atoms with E-state index < -0.39 is 138 Å². The van der Waals surface area contributed by atoms with Gasteiger partial charge in [-0.25, -0.2) is 0 Å². The third-order valence-corrected chi connectivity index (χ3v) is 16.4. The zero-order valence-corrected chi connectivity index (χ0v) is 56.1. The van der Waals surface area contributed by atoms with Crippen molar-refractivity contribution in [2.24, 2.45) is 29.6 Å². The number of carbonyl (C=O) groups excluding carboxylic acids is 11. The molecule has 4 N–H and O–H groups in total. The lowest BCUT2D eigenvalue weighted by Gasteiger charge is -2.36. The minimum Gasteiger partial charge on any atom is -0.391 e. The molecule has 3 rings (SSSR count). The van der Waals surface area contributed by atoms with Crippen LogP contribution >= 0.6 is 0 Å². The van der Waals surface area contributed by atoms with E-state index in [0.29, 0.717) is 37.9 Å². The quantitative estimate of drug-likeness (QED) is 0.218. The van der Waals surface area contributed by atoms with Crippen molar-refractivity contribution in [2.45, 2.75) is 175 Å². The third kappa shape index (κ3) is 23.4. The van der Waals surface area contributed by atoms with Gasteiger partial charge < -0.3 is 60.1 Å². The largest absolute Gasteiger partial charge is 0.391 e. The highest BCUT2D eigenvalue weighted by atomic mass is 16.5. The lowest BCUT2D eigenvalue weighted by molar-refractivity contribution is -0.151. The Hall–Kier alpha value is -6.53. The second kappa shape index (κ2) is 35.0. The lowest BCUT2D eigenvalue weighted by atomic mass is 9.93. The molecule has 9 atom stereocenters. The average molecular weight is 1240 g/mol. The number of piperidine rings is 1. The topological polar surface area (TPSA) is 279 Å². The summed E-state index contributed by atoms with van der Waals surface area (Å²) in [4.78, 5) is 169. The first-order valence-electron chi connectivity index (χ1n) is 31.2. The number of aliphatic hydroxyl groups is 1. The monoisotopic (exact) mass is 1240 g/mol. The van der Waals surface area contributed by atoms with Crippen LogP contribution in [-0.2, 0) is 63.9 Å². The summed E-state index contributed by atoms with van der Waals surface area (Å²) in [6.07, 6.45) is 1.22. The maximum atomic E-state index is 14.9. The van der Waals surface area contributed by atoms with Crippen molar-refractivity contribution < 1.29 is 62.6 Å². The predicted octanol–water partition coefficient (Wildman–Crippen LogP) is 2.04. The van der Waals surface area contributed by atoms with E-state index in [0.717, 1.165) is 11.3 Å². The van der Waals surface area contributed by atoms with Crippen molar-refractivity contribution in [1.82, 2.24) is 55.1 Å². The third-order valence-electron chi connectivity index (χ3n) is 16.4. The molecule has 0 aliphatic carbocycles. The molecular weight excluding hydrogens is 1130 g/mol. The molecule has 0 bridgehead atoms. The fourth-order valence-corrected chi connectivity index (χ4v) is 10.9. The summed E-state index contributed by atoms with van der Waals surface area (Å²) in [5, 5.41) is 19.3. The molecule has 496 valence electrons. The van der Waals surface area contributed by atoms with Crippen molar-refractivity contribution in [1.29, 1.82) is 0 Å². The first-order chi connectivity index (χ1) is 40.9. The summed E-state index contributed by atoms with van der Waals surface area (Å²) >= 11 is 0. The SMILES string of the molecule is CC(C)C[C@@H]1CN(C)C(=O)[C@H](C)N(C)CC(=O)C[C@H]([C@@H](C)O)NC(=O)[C@H](Cc2ccccc2)N(C)C(=O)[C@H](CC(C)C)N(C)C(=O)CN(C)C(=O)[C@H](COC(C)(C)C)CNC(=O)CN(C)C(=O)[C@@H](C(=O)N2CCCCC2)NC(=O)[C@H](CC(C)C)N(C)C1=O. The van der Waals surface area contributed by atoms with Gasteiger partial charge in [-0.05, 0) is 104 Å². The van der Waals surface area contributed by atoms with Gasteiger partial charge in [-0.3, -0.25) is 57.6 Å². The highest BCUT2D eigenvalue weighted by Gasteiger charge is 2.42. The number of aliphatic hydroxyl groups excluding tert-OH is 1. The standard InChI is InChI=1S/C64H107N11O13/c1-40(2)29-46-35-69(13)58(82)43(7)68(12)36-48(77)33-49(44(8)76)66-56(80)51(32-45-25-21-19-22-26-45)74(18)61(85)52(31-42(5)6)72(16)54(79)38-71(15)59(83)47(39-88-64(9,10)11)34-65-53(78)37-70(14)62(86)55(63(87)75-27-23-20-24-28-75)67-57(81)50(30-41(3)4)73(17)60(46)84/h19,21-22,25-26,40-44,46-47,49-52,55,76H,20,23-24,27-39H2,1-18H3,(H,65,78)(H,66,80)(H,67,81)/t43-,44+,46+,47-,49+,50-,51-,52-,55-/m0/s1. The fourth-order valence-electron chi connectivity index (χ4n) is 10.9. The van der Waals surface area contributed by atoms with Gasteiger partial charge in [0.25, 0.3) is 11.8 Å². The Morgan fingerprint density at radius 2 is 1.16 bits per heavy atom. The van der Waals surface area contributed by atoms with Gasteiger partial charge in [0.2, 0.25) is 47.3 Å². The Morgan fingerprint density at radius 1 is 0.614 bits per heavy atom. The van der Waals surface area contributed by atoms with E-state index in [4.69, 9.17) is 4.74 Å². The summed E-state index contributed by atoms with van der Waals surface area (Å²) in [6.45, 7) is 18.4. The van der Waals surface area contributed by atoms with Crippen molar-refractivity contribution >= 4 is 64.9 Å². The number of ether oxygens (including phenoxy) is 1. The molecule has 2 saturated heterocycles. The zero-order chi connectivity index (χ0) is 66.7. The predicted molar refractivity (Wildman–Crippen MR) is 334 cm³/mol.